The Morgan fingerprint density at radius 2 is 1.74 bits per heavy atom. The predicted molar refractivity (Wildman–Crippen MR) is 76.1 cm³/mol. The molecule has 0 saturated carbocycles. The van der Waals surface area contributed by atoms with Gasteiger partial charge in [0.2, 0.25) is 0 Å². The van der Waals surface area contributed by atoms with E-state index in [0.717, 1.165) is 16.1 Å². The lowest BCUT2D eigenvalue weighted by molar-refractivity contribution is 0.576. The molecule has 0 saturated heterocycles. The number of hydrogen-bond acceptors (Lipinski definition) is 1. The molecule has 2 rings (SSSR count). The van der Waals surface area contributed by atoms with Crippen LogP contribution >= 0.6 is 27.5 Å². The molecule has 1 atom stereocenters. The summed E-state index contributed by atoms with van der Waals surface area (Å²) < 4.78 is 27.0. The molecule has 2 N–H and O–H groups in total. The molecule has 0 amide bonds. The van der Waals surface area contributed by atoms with E-state index in [2.05, 4.69) is 15.9 Å². The smallest absolute Gasteiger partial charge is 0.126 e. The van der Waals surface area contributed by atoms with Crippen LogP contribution in [0, 0.1) is 11.6 Å². The average molecular weight is 347 g/mol. The minimum absolute atomic E-state index is 0.342. The molecule has 0 aliphatic carbocycles. The van der Waals surface area contributed by atoms with Crippen LogP contribution in [0.15, 0.2) is 40.9 Å². The molecule has 0 aliphatic heterocycles. The molecule has 0 bridgehead atoms. The molecule has 1 unspecified atom stereocenters. The summed E-state index contributed by atoms with van der Waals surface area (Å²) in [5.74, 6) is -1.20. The van der Waals surface area contributed by atoms with E-state index in [1.54, 1.807) is 18.2 Å². The summed E-state index contributed by atoms with van der Waals surface area (Å²) >= 11 is 9.23. The van der Waals surface area contributed by atoms with E-state index in [9.17, 15) is 8.78 Å². The van der Waals surface area contributed by atoms with E-state index in [4.69, 9.17) is 17.3 Å². The van der Waals surface area contributed by atoms with Crippen LogP contribution in [0.4, 0.5) is 8.78 Å². The summed E-state index contributed by atoms with van der Waals surface area (Å²) in [5, 5.41) is 0.597. The molecule has 0 radical (unpaired) electrons. The lowest BCUT2D eigenvalue weighted by Gasteiger charge is -2.14. The van der Waals surface area contributed by atoms with Crippen LogP contribution in [0.1, 0.15) is 17.2 Å². The van der Waals surface area contributed by atoms with Crippen molar-refractivity contribution < 1.29 is 8.78 Å². The summed E-state index contributed by atoms with van der Waals surface area (Å²) in [6.45, 7) is 0. The van der Waals surface area contributed by atoms with Gasteiger partial charge in [-0.05, 0) is 41.8 Å². The maximum Gasteiger partial charge on any atom is 0.126 e. The van der Waals surface area contributed by atoms with Crippen molar-refractivity contribution in [2.24, 2.45) is 5.73 Å². The molecule has 2 aromatic carbocycles. The van der Waals surface area contributed by atoms with Crippen LogP contribution in [0.25, 0.3) is 0 Å². The molecule has 0 heterocycles. The van der Waals surface area contributed by atoms with Crippen molar-refractivity contribution in [2.45, 2.75) is 12.5 Å². The number of rotatable bonds is 3. The molecule has 5 heteroatoms. The molecule has 0 aromatic heterocycles. The number of halogens is 4. The Balaban J connectivity index is 2.22. The monoisotopic (exact) mass is 345 g/mol. The second-order valence-corrected chi connectivity index (χ2v) is 5.54. The van der Waals surface area contributed by atoms with Crippen LogP contribution in [0.2, 0.25) is 5.02 Å². The highest BCUT2D eigenvalue weighted by atomic mass is 79.9. The zero-order chi connectivity index (χ0) is 14.0. The third-order valence-corrected chi connectivity index (χ3v) is 3.66. The van der Waals surface area contributed by atoms with Crippen LogP contribution in [0.3, 0.4) is 0 Å². The van der Waals surface area contributed by atoms with Crippen molar-refractivity contribution in [3.63, 3.8) is 0 Å². The summed E-state index contributed by atoms with van der Waals surface area (Å²) in [6.07, 6.45) is 0.342. The van der Waals surface area contributed by atoms with Gasteiger partial charge in [-0.15, -0.1) is 0 Å². The number of benzene rings is 2. The third kappa shape index (κ3) is 3.75. The summed E-state index contributed by atoms with van der Waals surface area (Å²) in [7, 11) is 0. The Morgan fingerprint density at radius 3 is 2.32 bits per heavy atom. The zero-order valence-electron chi connectivity index (χ0n) is 9.84. The van der Waals surface area contributed by atoms with Crippen molar-refractivity contribution in [3.8, 4) is 0 Å². The van der Waals surface area contributed by atoms with Crippen molar-refractivity contribution in [1.29, 1.82) is 0 Å². The largest absolute Gasteiger partial charge is 0.324 e. The lowest BCUT2D eigenvalue weighted by Crippen LogP contribution is -2.14. The molecular formula is C14H11BrClF2N. The van der Waals surface area contributed by atoms with Crippen molar-refractivity contribution in [1.82, 2.24) is 0 Å². The molecule has 0 fully saturated rings. The molecule has 2 aromatic rings. The molecule has 0 spiro atoms. The van der Waals surface area contributed by atoms with E-state index < -0.39 is 11.6 Å². The molecule has 19 heavy (non-hydrogen) atoms. The second kappa shape index (κ2) is 5.99. The van der Waals surface area contributed by atoms with Gasteiger partial charge in [-0.2, -0.15) is 0 Å². The van der Waals surface area contributed by atoms with Gasteiger partial charge in [0.25, 0.3) is 0 Å². The van der Waals surface area contributed by atoms with Crippen LogP contribution in [0.5, 0.6) is 0 Å². The van der Waals surface area contributed by atoms with E-state index in [1.165, 1.54) is 12.1 Å². The maximum absolute atomic E-state index is 13.1. The average Bonchev–Trinajstić information content (AvgIpc) is 2.26. The van der Waals surface area contributed by atoms with Crippen LogP contribution < -0.4 is 5.73 Å². The van der Waals surface area contributed by atoms with Crippen molar-refractivity contribution in [3.05, 3.63) is 68.7 Å². The van der Waals surface area contributed by atoms with Crippen molar-refractivity contribution >= 4 is 27.5 Å². The van der Waals surface area contributed by atoms with Crippen LogP contribution in [-0.2, 0) is 6.42 Å². The van der Waals surface area contributed by atoms with Gasteiger partial charge in [0.15, 0.2) is 0 Å². The van der Waals surface area contributed by atoms with Gasteiger partial charge in [0.1, 0.15) is 11.6 Å². The summed E-state index contributed by atoms with van der Waals surface area (Å²) in [6, 6.07) is 8.31. The number of hydrogen-bond donors (Lipinski definition) is 1. The fourth-order valence-corrected chi connectivity index (χ4v) is 2.87. The number of nitrogens with two attached hydrogens (primary N) is 1. The Labute approximate surface area is 123 Å². The van der Waals surface area contributed by atoms with Gasteiger partial charge in [-0.25, -0.2) is 8.78 Å². The Kier molecular flexibility index (Phi) is 4.55. The zero-order valence-corrected chi connectivity index (χ0v) is 12.2. The second-order valence-electron chi connectivity index (χ2n) is 4.25. The van der Waals surface area contributed by atoms with Gasteiger partial charge in [0, 0.05) is 21.6 Å². The van der Waals surface area contributed by atoms with E-state index in [1.807, 2.05) is 0 Å². The fraction of sp³-hybridized carbons (Fsp3) is 0.143. The summed E-state index contributed by atoms with van der Waals surface area (Å²) in [5.41, 5.74) is 7.42. The molecule has 0 aliphatic rings. The highest BCUT2D eigenvalue weighted by Gasteiger charge is 2.12. The highest BCUT2D eigenvalue weighted by molar-refractivity contribution is 9.10. The maximum atomic E-state index is 13.1. The SMILES string of the molecule is NC(Cc1cc(F)cc(F)c1)c1ccc(Cl)cc1Br. The van der Waals surface area contributed by atoms with E-state index in [0.29, 0.717) is 17.0 Å². The van der Waals surface area contributed by atoms with E-state index in [-0.39, 0.29) is 6.04 Å². The Bertz CT molecular complexity index is 584. The normalized spacial score (nSPS) is 12.5. The van der Waals surface area contributed by atoms with Gasteiger partial charge in [-0.1, -0.05) is 33.6 Å². The first-order chi connectivity index (χ1) is 8.95. The standard InChI is InChI=1S/C14H11BrClF2N/c15-13-6-9(16)1-2-12(13)14(19)5-8-3-10(17)7-11(18)4-8/h1-4,6-7,14H,5,19H2. The molecule has 100 valence electrons. The lowest BCUT2D eigenvalue weighted by atomic mass is 9.99. The van der Waals surface area contributed by atoms with Gasteiger partial charge in [-0.3, -0.25) is 0 Å². The first-order valence-corrected chi connectivity index (χ1v) is 6.78. The van der Waals surface area contributed by atoms with Gasteiger partial charge < -0.3 is 5.73 Å². The first-order valence-electron chi connectivity index (χ1n) is 5.61. The highest BCUT2D eigenvalue weighted by Crippen LogP contribution is 2.27. The Morgan fingerprint density at radius 1 is 1.11 bits per heavy atom. The van der Waals surface area contributed by atoms with Gasteiger partial charge >= 0.3 is 0 Å². The third-order valence-electron chi connectivity index (χ3n) is 2.74. The quantitative estimate of drug-likeness (QED) is 0.862. The van der Waals surface area contributed by atoms with Crippen molar-refractivity contribution in [2.75, 3.05) is 0 Å². The predicted octanol–water partition coefficient (Wildman–Crippen LogP) is 4.62. The topological polar surface area (TPSA) is 26.0 Å². The summed E-state index contributed by atoms with van der Waals surface area (Å²) in [4.78, 5) is 0. The fourth-order valence-electron chi connectivity index (χ4n) is 1.89. The first kappa shape index (κ1) is 14.4. The van der Waals surface area contributed by atoms with Crippen LogP contribution in [-0.4, -0.2) is 0 Å². The molecular weight excluding hydrogens is 336 g/mol. The minimum atomic E-state index is -0.600. The molecule has 1 nitrogen and oxygen atoms in total. The van der Waals surface area contributed by atoms with Gasteiger partial charge in [0.05, 0.1) is 0 Å². The Hall–Kier alpha value is -0.970. The van der Waals surface area contributed by atoms with E-state index >= 15 is 0 Å². The minimum Gasteiger partial charge on any atom is -0.324 e.